The third-order valence-electron chi connectivity index (χ3n) is 3.09. The molecule has 0 aromatic carbocycles. The molecular weight excluding hydrogens is 222 g/mol. The van der Waals surface area contributed by atoms with Crippen LogP contribution in [-0.4, -0.2) is 33.9 Å². The Hall–Kier alpha value is -1.85. The van der Waals surface area contributed by atoms with Crippen LogP contribution in [0, 0.1) is 5.92 Å². The van der Waals surface area contributed by atoms with E-state index in [4.69, 9.17) is 5.11 Å². The highest BCUT2D eigenvalue weighted by Crippen LogP contribution is 2.21. The standard InChI is InChI=1S/C11H15N3O3/c1-13-10(15)5-9(6-12-13)14-4-2-3-8(7-14)11(16)17/h5-6,8H,2-4,7H2,1H3,(H,16,17). The smallest absolute Gasteiger partial charge is 0.308 e. The lowest BCUT2D eigenvalue weighted by atomic mass is 9.98. The Morgan fingerprint density at radius 3 is 3.00 bits per heavy atom. The molecule has 1 saturated heterocycles. The van der Waals surface area contributed by atoms with Gasteiger partial charge in [0.25, 0.3) is 5.56 Å². The van der Waals surface area contributed by atoms with E-state index >= 15 is 0 Å². The Labute approximate surface area is 98.5 Å². The van der Waals surface area contributed by atoms with E-state index in [2.05, 4.69) is 5.10 Å². The average molecular weight is 237 g/mol. The highest BCUT2D eigenvalue weighted by atomic mass is 16.4. The van der Waals surface area contributed by atoms with Gasteiger partial charge >= 0.3 is 5.97 Å². The van der Waals surface area contributed by atoms with Gasteiger partial charge in [0.1, 0.15) is 0 Å². The van der Waals surface area contributed by atoms with Crippen LogP contribution in [-0.2, 0) is 11.8 Å². The maximum Gasteiger partial charge on any atom is 0.308 e. The summed E-state index contributed by atoms with van der Waals surface area (Å²) in [5.74, 6) is -1.13. The van der Waals surface area contributed by atoms with E-state index < -0.39 is 5.97 Å². The largest absolute Gasteiger partial charge is 0.481 e. The first-order chi connectivity index (χ1) is 8.08. The van der Waals surface area contributed by atoms with Crippen molar-refractivity contribution in [1.82, 2.24) is 9.78 Å². The van der Waals surface area contributed by atoms with Gasteiger partial charge in [-0.15, -0.1) is 0 Å². The third-order valence-corrected chi connectivity index (χ3v) is 3.09. The number of aryl methyl sites for hydroxylation is 1. The molecule has 1 aromatic heterocycles. The molecule has 2 rings (SSSR count). The highest BCUT2D eigenvalue weighted by molar-refractivity contribution is 5.71. The first-order valence-corrected chi connectivity index (χ1v) is 5.59. The van der Waals surface area contributed by atoms with Crippen LogP contribution in [0.3, 0.4) is 0 Å². The molecular formula is C11H15N3O3. The summed E-state index contributed by atoms with van der Waals surface area (Å²) >= 11 is 0. The molecule has 0 saturated carbocycles. The van der Waals surface area contributed by atoms with Crippen molar-refractivity contribution in [3.8, 4) is 0 Å². The van der Waals surface area contributed by atoms with Gasteiger partial charge in [0.05, 0.1) is 17.8 Å². The monoisotopic (exact) mass is 237 g/mol. The van der Waals surface area contributed by atoms with E-state index in [0.29, 0.717) is 18.7 Å². The van der Waals surface area contributed by atoms with Crippen LogP contribution < -0.4 is 10.5 Å². The fourth-order valence-electron chi connectivity index (χ4n) is 2.05. The highest BCUT2D eigenvalue weighted by Gasteiger charge is 2.25. The molecule has 0 bridgehead atoms. The minimum atomic E-state index is -0.772. The number of aromatic nitrogens is 2. The van der Waals surface area contributed by atoms with Crippen molar-refractivity contribution < 1.29 is 9.90 Å². The summed E-state index contributed by atoms with van der Waals surface area (Å²) in [7, 11) is 1.59. The topological polar surface area (TPSA) is 75.4 Å². The maximum absolute atomic E-state index is 11.5. The molecule has 92 valence electrons. The Bertz CT molecular complexity index is 483. The molecule has 0 amide bonds. The van der Waals surface area contributed by atoms with Crippen molar-refractivity contribution in [3.05, 3.63) is 22.6 Å². The summed E-state index contributed by atoms with van der Waals surface area (Å²) in [5.41, 5.74) is 0.527. The molecule has 1 aromatic rings. The van der Waals surface area contributed by atoms with Crippen molar-refractivity contribution in [2.24, 2.45) is 13.0 Å². The first-order valence-electron chi connectivity index (χ1n) is 5.59. The molecule has 6 heteroatoms. The number of nitrogens with zero attached hydrogens (tertiary/aromatic N) is 3. The second-order valence-corrected chi connectivity index (χ2v) is 4.30. The Morgan fingerprint density at radius 1 is 1.59 bits per heavy atom. The number of rotatable bonds is 2. The van der Waals surface area contributed by atoms with Crippen molar-refractivity contribution in [1.29, 1.82) is 0 Å². The fraction of sp³-hybridized carbons (Fsp3) is 0.545. The molecule has 2 heterocycles. The molecule has 1 aliphatic heterocycles. The van der Waals surface area contributed by atoms with Gasteiger partial charge in [-0.25, -0.2) is 4.68 Å². The molecule has 0 radical (unpaired) electrons. The molecule has 1 unspecified atom stereocenters. The summed E-state index contributed by atoms with van der Waals surface area (Å²) in [4.78, 5) is 24.3. The Balaban J connectivity index is 2.19. The van der Waals surface area contributed by atoms with Crippen LogP contribution in [0.5, 0.6) is 0 Å². The lowest BCUT2D eigenvalue weighted by Gasteiger charge is -2.32. The van der Waals surface area contributed by atoms with Gasteiger partial charge in [-0.3, -0.25) is 9.59 Å². The average Bonchev–Trinajstić information content (AvgIpc) is 2.33. The lowest BCUT2D eigenvalue weighted by molar-refractivity contribution is -0.141. The van der Waals surface area contributed by atoms with E-state index in [0.717, 1.165) is 13.0 Å². The normalized spacial score (nSPS) is 20.3. The van der Waals surface area contributed by atoms with E-state index in [9.17, 15) is 9.59 Å². The predicted molar refractivity (Wildman–Crippen MR) is 62.1 cm³/mol. The molecule has 1 atom stereocenters. The van der Waals surface area contributed by atoms with Gasteiger partial charge in [-0.05, 0) is 12.8 Å². The van der Waals surface area contributed by atoms with Gasteiger partial charge in [-0.1, -0.05) is 0 Å². The molecule has 0 aliphatic carbocycles. The van der Waals surface area contributed by atoms with Gasteiger partial charge in [0, 0.05) is 26.2 Å². The first kappa shape index (κ1) is 11.6. The molecule has 1 N–H and O–H groups in total. The van der Waals surface area contributed by atoms with Gasteiger partial charge < -0.3 is 10.0 Å². The quantitative estimate of drug-likeness (QED) is 0.788. The van der Waals surface area contributed by atoms with Crippen LogP contribution in [0.4, 0.5) is 5.69 Å². The lowest BCUT2D eigenvalue weighted by Crippen LogP contribution is -2.39. The van der Waals surface area contributed by atoms with Gasteiger partial charge in [0.15, 0.2) is 0 Å². The van der Waals surface area contributed by atoms with Gasteiger partial charge in [-0.2, -0.15) is 5.10 Å². The predicted octanol–water partition coefficient (Wildman–Crippen LogP) is 0.0813. The van der Waals surface area contributed by atoms with Crippen molar-refractivity contribution in [2.75, 3.05) is 18.0 Å². The number of anilines is 1. The van der Waals surface area contributed by atoms with Crippen molar-refractivity contribution in [2.45, 2.75) is 12.8 Å². The summed E-state index contributed by atoms with van der Waals surface area (Å²) in [5, 5.41) is 12.9. The zero-order valence-electron chi connectivity index (χ0n) is 9.67. The van der Waals surface area contributed by atoms with E-state index in [1.165, 1.54) is 10.7 Å². The molecule has 17 heavy (non-hydrogen) atoms. The molecule has 1 aliphatic rings. The van der Waals surface area contributed by atoms with Crippen LogP contribution >= 0.6 is 0 Å². The van der Waals surface area contributed by atoms with E-state index in [1.54, 1.807) is 13.2 Å². The molecule has 0 spiro atoms. The summed E-state index contributed by atoms with van der Waals surface area (Å²) in [6.07, 6.45) is 3.13. The van der Waals surface area contributed by atoms with Crippen LogP contribution in [0.15, 0.2) is 17.1 Å². The minimum absolute atomic E-state index is 0.181. The summed E-state index contributed by atoms with van der Waals surface area (Å²) in [6.45, 7) is 1.23. The van der Waals surface area contributed by atoms with E-state index in [-0.39, 0.29) is 11.5 Å². The number of carboxylic acids is 1. The number of hydrogen-bond acceptors (Lipinski definition) is 4. The number of carboxylic acid groups (broad SMARTS) is 1. The number of piperidine rings is 1. The second kappa shape index (κ2) is 4.57. The SMILES string of the molecule is Cn1ncc(N2CCCC(C(=O)O)C2)cc1=O. The second-order valence-electron chi connectivity index (χ2n) is 4.30. The summed E-state index contributed by atoms with van der Waals surface area (Å²) in [6, 6.07) is 1.50. The Kier molecular flexibility index (Phi) is 3.12. The van der Waals surface area contributed by atoms with Crippen molar-refractivity contribution in [3.63, 3.8) is 0 Å². The zero-order chi connectivity index (χ0) is 12.4. The number of hydrogen-bond donors (Lipinski definition) is 1. The summed E-state index contributed by atoms with van der Waals surface area (Å²) < 4.78 is 1.25. The van der Waals surface area contributed by atoms with Crippen LogP contribution in [0.2, 0.25) is 0 Å². The molecule has 1 fully saturated rings. The maximum atomic E-state index is 11.5. The third kappa shape index (κ3) is 2.46. The van der Waals surface area contributed by atoms with Gasteiger partial charge in [0.2, 0.25) is 0 Å². The Morgan fingerprint density at radius 2 is 2.35 bits per heavy atom. The van der Waals surface area contributed by atoms with Crippen LogP contribution in [0.1, 0.15) is 12.8 Å². The fourth-order valence-corrected chi connectivity index (χ4v) is 2.05. The minimum Gasteiger partial charge on any atom is -0.481 e. The van der Waals surface area contributed by atoms with Crippen LogP contribution in [0.25, 0.3) is 0 Å². The number of aliphatic carboxylic acids is 1. The van der Waals surface area contributed by atoms with E-state index in [1.807, 2.05) is 4.90 Å². The van der Waals surface area contributed by atoms with Crippen molar-refractivity contribution >= 4 is 11.7 Å². The number of carbonyl (C=O) groups is 1. The zero-order valence-corrected chi connectivity index (χ0v) is 9.67. The molecule has 6 nitrogen and oxygen atoms in total.